The molecule has 1 aliphatic carbocycles. The van der Waals surface area contributed by atoms with E-state index in [0.717, 1.165) is 37.7 Å². The molecule has 24 heavy (non-hydrogen) atoms. The molecule has 0 unspecified atom stereocenters. The third-order valence-electron chi connectivity index (χ3n) is 5.03. The molecule has 0 aromatic carbocycles. The van der Waals surface area contributed by atoms with Gasteiger partial charge in [0.1, 0.15) is 23.9 Å². The number of anilines is 2. The van der Waals surface area contributed by atoms with Crippen LogP contribution in [-0.2, 0) is 0 Å². The Labute approximate surface area is 141 Å². The lowest BCUT2D eigenvalue weighted by molar-refractivity contribution is 0.410. The van der Waals surface area contributed by atoms with Gasteiger partial charge in [0.2, 0.25) is 0 Å². The van der Waals surface area contributed by atoms with Crippen molar-refractivity contribution in [2.24, 2.45) is 0 Å². The number of piperazine rings is 1. The van der Waals surface area contributed by atoms with Gasteiger partial charge in [0, 0.05) is 43.9 Å². The molecule has 1 aliphatic heterocycles. The van der Waals surface area contributed by atoms with Gasteiger partial charge in [0.05, 0.1) is 11.9 Å². The molecular formula is C18H20N6. The highest BCUT2D eigenvalue weighted by Gasteiger charge is 2.23. The van der Waals surface area contributed by atoms with Gasteiger partial charge in [0.25, 0.3) is 0 Å². The predicted octanol–water partition coefficient (Wildman–Crippen LogP) is 2.34. The summed E-state index contributed by atoms with van der Waals surface area (Å²) in [6.07, 6.45) is 7.33. The molecule has 2 fully saturated rings. The van der Waals surface area contributed by atoms with Crippen LogP contribution in [0.2, 0.25) is 0 Å². The molecule has 0 radical (unpaired) electrons. The maximum absolute atomic E-state index is 8.84. The highest BCUT2D eigenvalue weighted by atomic mass is 15.3. The molecule has 0 spiro atoms. The maximum atomic E-state index is 8.84. The van der Waals surface area contributed by atoms with Crippen LogP contribution in [0.1, 0.15) is 36.6 Å². The summed E-state index contributed by atoms with van der Waals surface area (Å²) in [5.74, 6) is 1.68. The SMILES string of the molecule is N#Cc1ccc(N2CCN(c3cc(C4CCC4)ncn3)CC2)cn1. The number of nitriles is 1. The fourth-order valence-corrected chi connectivity index (χ4v) is 3.29. The summed E-state index contributed by atoms with van der Waals surface area (Å²) in [6, 6.07) is 7.97. The van der Waals surface area contributed by atoms with Crippen LogP contribution in [0.3, 0.4) is 0 Å². The molecule has 2 aliphatic rings. The Morgan fingerprint density at radius 3 is 2.42 bits per heavy atom. The van der Waals surface area contributed by atoms with Crippen molar-refractivity contribution in [2.45, 2.75) is 25.2 Å². The van der Waals surface area contributed by atoms with Crippen LogP contribution in [-0.4, -0.2) is 41.1 Å². The van der Waals surface area contributed by atoms with Crippen LogP contribution >= 0.6 is 0 Å². The fourth-order valence-electron chi connectivity index (χ4n) is 3.29. The van der Waals surface area contributed by atoms with Gasteiger partial charge < -0.3 is 9.80 Å². The molecule has 3 heterocycles. The Hall–Kier alpha value is -2.68. The predicted molar refractivity (Wildman–Crippen MR) is 92.0 cm³/mol. The lowest BCUT2D eigenvalue weighted by atomic mass is 9.83. The van der Waals surface area contributed by atoms with E-state index in [0.29, 0.717) is 11.6 Å². The van der Waals surface area contributed by atoms with Gasteiger partial charge >= 0.3 is 0 Å². The minimum Gasteiger partial charge on any atom is -0.367 e. The highest BCUT2D eigenvalue weighted by Crippen LogP contribution is 2.35. The average molecular weight is 320 g/mol. The summed E-state index contributed by atoms with van der Waals surface area (Å²) in [5.41, 5.74) is 2.73. The summed E-state index contributed by atoms with van der Waals surface area (Å²) in [7, 11) is 0. The summed E-state index contributed by atoms with van der Waals surface area (Å²) in [6.45, 7) is 3.72. The van der Waals surface area contributed by atoms with Gasteiger partial charge in [0.15, 0.2) is 0 Å². The standard InChI is InChI=1S/C18H20N6/c19-11-15-4-5-16(12-20-15)23-6-8-24(9-7-23)18-10-17(21-13-22-18)14-2-1-3-14/h4-5,10,12-14H,1-3,6-9H2. The van der Waals surface area contributed by atoms with Crippen molar-refractivity contribution in [3.05, 3.63) is 42.1 Å². The van der Waals surface area contributed by atoms with Crippen LogP contribution in [0, 0.1) is 11.3 Å². The number of hydrogen-bond acceptors (Lipinski definition) is 6. The third-order valence-corrected chi connectivity index (χ3v) is 5.03. The molecule has 0 N–H and O–H groups in total. The van der Waals surface area contributed by atoms with Gasteiger partial charge in [-0.25, -0.2) is 15.0 Å². The highest BCUT2D eigenvalue weighted by molar-refractivity contribution is 5.49. The molecule has 2 aromatic heterocycles. The van der Waals surface area contributed by atoms with Gasteiger partial charge in [-0.3, -0.25) is 0 Å². The molecule has 2 aromatic rings. The second kappa shape index (κ2) is 6.44. The normalized spacial score (nSPS) is 18.1. The zero-order valence-electron chi connectivity index (χ0n) is 13.6. The van der Waals surface area contributed by atoms with Crippen LogP contribution in [0.5, 0.6) is 0 Å². The van der Waals surface area contributed by atoms with Crippen molar-refractivity contribution in [3.63, 3.8) is 0 Å². The number of hydrogen-bond donors (Lipinski definition) is 0. The van der Waals surface area contributed by atoms with Crippen LogP contribution in [0.15, 0.2) is 30.7 Å². The molecule has 0 amide bonds. The van der Waals surface area contributed by atoms with Crippen molar-refractivity contribution >= 4 is 11.5 Å². The number of aromatic nitrogens is 3. The second-order valence-corrected chi connectivity index (χ2v) is 6.42. The number of nitrogens with zero attached hydrogens (tertiary/aromatic N) is 6. The van der Waals surface area contributed by atoms with E-state index in [-0.39, 0.29) is 0 Å². The first-order valence-electron chi connectivity index (χ1n) is 8.51. The van der Waals surface area contributed by atoms with Crippen molar-refractivity contribution in [3.8, 4) is 6.07 Å². The maximum Gasteiger partial charge on any atom is 0.140 e. The Kier molecular flexibility index (Phi) is 3.99. The molecule has 1 saturated heterocycles. The Bertz CT molecular complexity index is 739. The van der Waals surface area contributed by atoms with Gasteiger partial charge in [-0.1, -0.05) is 6.42 Å². The van der Waals surface area contributed by atoms with E-state index in [4.69, 9.17) is 5.26 Å². The first-order valence-corrected chi connectivity index (χ1v) is 8.51. The molecule has 0 atom stereocenters. The molecule has 0 bridgehead atoms. The second-order valence-electron chi connectivity index (χ2n) is 6.42. The monoisotopic (exact) mass is 320 g/mol. The topological polar surface area (TPSA) is 68.9 Å². The molecule has 6 heteroatoms. The summed E-state index contributed by atoms with van der Waals surface area (Å²) < 4.78 is 0. The average Bonchev–Trinajstić information content (AvgIpc) is 2.61. The number of pyridine rings is 1. The molecule has 122 valence electrons. The van der Waals surface area contributed by atoms with E-state index in [1.54, 1.807) is 18.6 Å². The molecule has 4 rings (SSSR count). The molecular weight excluding hydrogens is 300 g/mol. The van der Waals surface area contributed by atoms with Crippen LogP contribution < -0.4 is 9.80 Å². The Balaban J connectivity index is 1.41. The van der Waals surface area contributed by atoms with Crippen LogP contribution in [0.25, 0.3) is 0 Å². The van der Waals surface area contributed by atoms with Crippen molar-refractivity contribution < 1.29 is 0 Å². The minimum absolute atomic E-state index is 0.460. The largest absolute Gasteiger partial charge is 0.367 e. The fraction of sp³-hybridized carbons (Fsp3) is 0.444. The van der Waals surface area contributed by atoms with E-state index in [2.05, 4.69) is 36.9 Å². The lowest BCUT2D eigenvalue weighted by Gasteiger charge is -2.36. The van der Waals surface area contributed by atoms with E-state index in [1.807, 2.05) is 6.07 Å². The van der Waals surface area contributed by atoms with Gasteiger partial charge in [-0.05, 0) is 25.0 Å². The lowest BCUT2D eigenvalue weighted by Crippen LogP contribution is -2.47. The van der Waals surface area contributed by atoms with E-state index in [1.165, 1.54) is 25.0 Å². The Morgan fingerprint density at radius 2 is 1.79 bits per heavy atom. The summed E-state index contributed by atoms with van der Waals surface area (Å²) >= 11 is 0. The molecule has 6 nitrogen and oxygen atoms in total. The van der Waals surface area contributed by atoms with Crippen molar-refractivity contribution in [1.82, 2.24) is 15.0 Å². The Morgan fingerprint density at radius 1 is 1.00 bits per heavy atom. The minimum atomic E-state index is 0.460. The number of rotatable bonds is 3. The first kappa shape index (κ1) is 14.9. The van der Waals surface area contributed by atoms with Crippen molar-refractivity contribution in [1.29, 1.82) is 5.26 Å². The summed E-state index contributed by atoms with van der Waals surface area (Å²) in [4.78, 5) is 17.7. The quantitative estimate of drug-likeness (QED) is 0.864. The van der Waals surface area contributed by atoms with Gasteiger partial charge in [-0.2, -0.15) is 5.26 Å². The van der Waals surface area contributed by atoms with E-state index >= 15 is 0 Å². The van der Waals surface area contributed by atoms with E-state index in [9.17, 15) is 0 Å². The first-order chi connectivity index (χ1) is 11.8. The van der Waals surface area contributed by atoms with E-state index < -0.39 is 0 Å². The smallest absolute Gasteiger partial charge is 0.140 e. The van der Waals surface area contributed by atoms with Gasteiger partial charge in [-0.15, -0.1) is 0 Å². The zero-order chi connectivity index (χ0) is 16.4. The third kappa shape index (κ3) is 2.90. The van der Waals surface area contributed by atoms with Crippen molar-refractivity contribution in [2.75, 3.05) is 36.0 Å². The molecule has 1 saturated carbocycles. The summed E-state index contributed by atoms with van der Waals surface area (Å²) in [5, 5.41) is 8.84. The zero-order valence-corrected chi connectivity index (χ0v) is 13.6. The van der Waals surface area contributed by atoms with Crippen LogP contribution in [0.4, 0.5) is 11.5 Å².